The highest BCUT2D eigenvalue weighted by Gasteiger charge is 2.23. The number of rotatable bonds is 4. The third-order valence-electron chi connectivity index (χ3n) is 2.83. The van der Waals surface area contributed by atoms with Crippen molar-refractivity contribution in [3.63, 3.8) is 0 Å². The Labute approximate surface area is 139 Å². The van der Waals surface area contributed by atoms with Crippen LogP contribution in [0.25, 0.3) is 6.08 Å². The Morgan fingerprint density at radius 3 is 2.57 bits per heavy atom. The number of hydrogen-bond acceptors (Lipinski definition) is 6. The average molecular weight is 351 g/mol. The molecule has 2 rings (SSSR count). The van der Waals surface area contributed by atoms with Crippen molar-refractivity contribution in [3.05, 3.63) is 47.4 Å². The number of thiophene rings is 1. The van der Waals surface area contributed by atoms with E-state index < -0.39 is 15.9 Å². The SMILES string of the molecule is CC(C)(C)c1ccc(S(=O)(=O)NC(=O)C=Cc2ccncn2)s1. The van der Waals surface area contributed by atoms with Crippen LogP contribution >= 0.6 is 11.3 Å². The quantitative estimate of drug-likeness (QED) is 0.854. The number of aromatic nitrogens is 2. The number of amides is 1. The zero-order valence-electron chi connectivity index (χ0n) is 13.0. The first kappa shape index (κ1) is 17.3. The summed E-state index contributed by atoms with van der Waals surface area (Å²) >= 11 is 1.16. The van der Waals surface area contributed by atoms with Gasteiger partial charge in [-0.15, -0.1) is 11.3 Å². The second-order valence-corrected chi connectivity index (χ2v) is 8.80. The van der Waals surface area contributed by atoms with Crippen molar-refractivity contribution in [3.8, 4) is 0 Å². The van der Waals surface area contributed by atoms with Gasteiger partial charge in [-0.25, -0.2) is 23.1 Å². The molecular weight excluding hydrogens is 334 g/mol. The topological polar surface area (TPSA) is 89.0 Å². The van der Waals surface area contributed by atoms with Gasteiger partial charge < -0.3 is 0 Å². The van der Waals surface area contributed by atoms with Crippen LogP contribution in [0.3, 0.4) is 0 Å². The van der Waals surface area contributed by atoms with Gasteiger partial charge >= 0.3 is 0 Å². The maximum atomic E-state index is 12.2. The summed E-state index contributed by atoms with van der Waals surface area (Å²) in [6, 6.07) is 4.88. The molecule has 0 radical (unpaired) electrons. The Hall–Kier alpha value is -2.06. The summed E-state index contributed by atoms with van der Waals surface area (Å²) in [4.78, 5) is 20.4. The van der Waals surface area contributed by atoms with Crippen molar-refractivity contribution in [1.82, 2.24) is 14.7 Å². The van der Waals surface area contributed by atoms with Crippen LogP contribution in [0.4, 0.5) is 0 Å². The Morgan fingerprint density at radius 2 is 2.00 bits per heavy atom. The van der Waals surface area contributed by atoms with Crippen LogP contribution in [0.5, 0.6) is 0 Å². The maximum Gasteiger partial charge on any atom is 0.273 e. The summed E-state index contributed by atoms with van der Waals surface area (Å²) in [5.74, 6) is -0.727. The van der Waals surface area contributed by atoms with Gasteiger partial charge in [-0.2, -0.15) is 0 Å². The first-order valence-corrected chi connectivity index (χ1v) is 9.10. The van der Waals surface area contributed by atoms with E-state index in [0.717, 1.165) is 22.3 Å². The van der Waals surface area contributed by atoms with E-state index >= 15 is 0 Å². The van der Waals surface area contributed by atoms with Crippen LogP contribution in [-0.4, -0.2) is 24.3 Å². The third kappa shape index (κ3) is 4.70. The highest BCUT2D eigenvalue weighted by atomic mass is 32.2. The van der Waals surface area contributed by atoms with E-state index in [9.17, 15) is 13.2 Å². The second kappa shape index (κ2) is 6.59. The van der Waals surface area contributed by atoms with Crippen LogP contribution in [-0.2, 0) is 20.2 Å². The lowest BCUT2D eigenvalue weighted by Crippen LogP contribution is -2.28. The minimum Gasteiger partial charge on any atom is -0.269 e. The molecular formula is C15H17N3O3S2. The lowest BCUT2D eigenvalue weighted by molar-refractivity contribution is -0.114. The fourth-order valence-corrected chi connectivity index (χ4v) is 3.95. The van der Waals surface area contributed by atoms with Gasteiger partial charge in [0.15, 0.2) is 0 Å². The number of sulfonamides is 1. The van der Waals surface area contributed by atoms with Crippen molar-refractivity contribution in [2.24, 2.45) is 0 Å². The Kier molecular flexibility index (Phi) is 4.96. The molecule has 2 heterocycles. The summed E-state index contributed by atoms with van der Waals surface area (Å²) in [7, 11) is -3.87. The first-order valence-electron chi connectivity index (χ1n) is 6.80. The molecule has 0 saturated heterocycles. The van der Waals surface area contributed by atoms with E-state index in [1.807, 2.05) is 25.5 Å². The van der Waals surface area contributed by atoms with Crippen molar-refractivity contribution in [1.29, 1.82) is 0 Å². The fraction of sp³-hybridized carbons (Fsp3) is 0.267. The van der Waals surface area contributed by atoms with Gasteiger partial charge in [-0.3, -0.25) is 4.79 Å². The summed E-state index contributed by atoms with van der Waals surface area (Å²) < 4.78 is 26.6. The largest absolute Gasteiger partial charge is 0.273 e. The summed E-state index contributed by atoms with van der Waals surface area (Å²) in [5.41, 5.74) is 0.369. The minimum absolute atomic E-state index is 0.117. The van der Waals surface area contributed by atoms with Gasteiger partial charge in [0.25, 0.3) is 15.9 Å². The van der Waals surface area contributed by atoms with Gasteiger partial charge in [0.1, 0.15) is 10.5 Å². The van der Waals surface area contributed by atoms with E-state index in [1.165, 1.54) is 24.7 Å². The Balaban J connectivity index is 2.10. The van der Waals surface area contributed by atoms with Crippen molar-refractivity contribution in [2.45, 2.75) is 30.4 Å². The lowest BCUT2D eigenvalue weighted by Gasteiger charge is -2.15. The predicted molar refractivity (Wildman–Crippen MR) is 89.4 cm³/mol. The molecule has 6 nitrogen and oxygen atoms in total. The second-order valence-electron chi connectivity index (χ2n) is 5.81. The highest BCUT2D eigenvalue weighted by Crippen LogP contribution is 2.31. The fourth-order valence-electron chi connectivity index (χ4n) is 1.64. The van der Waals surface area contributed by atoms with E-state index in [-0.39, 0.29) is 9.62 Å². The van der Waals surface area contributed by atoms with Crippen molar-refractivity contribution in [2.75, 3.05) is 0 Å². The minimum atomic E-state index is -3.87. The molecule has 0 atom stereocenters. The molecule has 2 aromatic rings. The molecule has 8 heteroatoms. The number of nitrogens with zero attached hydrogens (tertiary/aromatic N) is 2. The lowest BCUT2D eigenvalue weighted by atomic mass is 9.95. The average Bonchev–Trinajstić information content (AvgIpc) is 2.96. The van der Waals surface area contributed by atoms with E-state index in [0.29, 0.717) is 5.69 Å². The maximum absolute atomic E-state index is 12.2. The molecule has 1 N–H and O–H groups in total. The molecule has 0 bridgehead atoms. The van der Waals surface area contributed by atoms with E-state index in [1.54, 1.807) is 12.1 Å². The Bertz CT molecular complexity index is 819. The molecule has 0 aliphatic heterocycles. The van der Waals surface area contributed by atoms with Gasteiger partial charge in [-0.1, -0.05) is 20.8 Å². The zero-order chi connectivity index (χ0) is 17.1. The molecule has 2 aromatic heterocycles. The predicted octanol–water partition coefficient (Wildman–Crippen LogP) is 2.35. The molecule has 0 aromatic carbocycles. The summed E-state index contributed by atoms with van der Waals surface area (Å²) in [5, 5.41) is 0. The number of carbonyl (C=O) groups is 1. The molecule has 0 fully saturated rings. The first-order chi connectivity index (χ1) is 10.7. The summed E-state index contributed by atoms with van der Waals surface area (Å²) in [6.07, 6.45) is 5.41. The smallest absolute Gasteiger partial charge is 0.269 e. The summed E-state index contributed by atoms with van der Waals surface area (Å²) in [6.45, 7) is 5.99. The van der Waals surface area contributed by atoms with Crippen LogP contribution in [0.1, 0.15) is 31.3 Å². The highest BCUT2D eigenvalue weighted by molar-refractivity contribution is 7.92. The van der Waals surface area contributed by atoms with Crippen LogP contribution in [0.15, 0.2) is 41.0 Å². The van der Waals surface area contributed by atoms with Gasteiger partial charge in [0, 0.05) is 17.2 Å². The number of carbonyl (C=O) groups excluding carboxylic acids is 1. The number of nitrogens with one attached hydrogen (secondary N) is 1. The van der Waals surface area contributed by atoms with Gasteiger partial charge in [-0.05, 0) is 29.7 Å². The van der Waals surface area contributed by atoms with Crippen LogP contribution in [0, 0.1) is 0 Å². The molecule has 23 heavy (non-hydrogen) atoms. The molecule has 0 aliphatic carbocycles. The zero-order valence-corrected chi connectivity index (χ0v) is 14.6. The molecule has 122 valence electrons. The standard InChI is InChI=1S/C15H17N3O3S2/c1-15(2,3)12-5-7-14(22-12)23(20,21)18-13(19)6-4-11-8-9-16-10-17-11/h4-10H,1-3H3,(H,18,19). The van der Waals surface area contributed by atoms with Crippen molar-refractivity contribution >= 4 is 33.3 Å². The monoisotopic (exact) mass is 351 g/mol. The molecule has 1 amide bonds. The van der Waals surface area contributed by atoms with Gasteiger partial charge in [0.05, 0.1) is 5.69 Å². The molecule has 0 aliphatic rings. The van der Waals surface area contributed by atoms with E-state index in [4.69, 9.17) is 0 Å². The van der Waals surface area contributed by atoms with Crippen molar-refractivity contribution < 1.29 is 13.2 Å². The number of hydrogen-bond donors (Lipinski definition) is 1. The Morgan fingerprint density at radius 1 is 1.26 bits per heavy atom. The molecule has 0 saturated carbocycles. The molecule has 0 spiro atoms. The third-order valence-corrected chi connectivity index (χ3v) is 6.18. The molecule has 0 unspecified atom stereocenters. The normalized spacial score (nSPS) is 12.5. The van der Waals surface area contributed by atoms with E-state index in [2.05, 4.69) is 9.97 Å². The van der Waals surface area contributed by atoms with Crippen LogP contribution < -0.4 is 4.72 Å². The van der Waals surface area contributed by atoms with Gasteiger partial charge in [0.2, 0.25) is 0 Å². The van der Waals surface area contributed by atoms with Crippen LogP contribution in [0.2, 0.25) is 0 Å².